The van der Waals surface area contributed by atoms with Crippen LogP contribution in [0.5, 0.6) is 5.75 Å². The summed E-state index contributed by atoms with van der Waals surface area (Å²) >= 11 is 0. The Morgan fingerprint density at radius 3 is 2.30 bits per heavy atom. The predicted octanol–water partition coefficient (Wildman–Crippen LogP) is 3.18. The molecule has 3 heteroatoms. The zero-order valence-corrected chi connectivity index (χ0v) is 12.6. The summed E-state index contributed by atoms with van der Waals surface area (Å²) in [5.74, 6) is 0.280. The highest BCUT2D eigenvalue weighted by atomic mass is 16.3. The molecule has 0 bridgehead atoms. The van der Waals surface area contributed by atoms with Crippen LogP contribution in [0.15, 0.2) is 36.4 Å². The van der Waals surface area contributed by atoms with Gasteiger partial charge >= 0.3 is 0 Å². The topological polar surface area (TPSA) is 52.5 Å². The van der Waals surface area contributed by atoms with Gasteiger partial charge in [0.1, 0.15) is 5.75 Å². The molecule has 0 spiro atoms. The number of hydrogen-bond donors (Lipinski definition) is 3. The summed E-state index contributed by atoms with van der Waals surface area (Å²) in [5, 5.41) is 25.8. The van der Waals surface area contributed by atoms with E-state index in [9.17, 15) is 10.2 Å². The molecule has 0 atom stereocenters. The van der Waals surface area contributed by atoms with Gasteiger partial charge < -0.3 is 15.5 Å². The maximum Gasteiger partial charge on any atom is 0.120 e. The molecule has 0 amide bonds. The van der Waals surface area contributed by atoms with Crippen LogP contribution in [0.1, 0.15) is 33.3 Å². The zero-order valence-electron chi connectivity index (χ0n) is 12.6. The molecule has 0 heterocycles. The number of aromatic hydroxyl groups is 1. The van der Waals surface area contributed by atoms with Gasteiger partial charge in [0.25, 0.3) is 0 Å². The molecule has 2 aromatic carbocycles. The van der Waals surface area contributed by atoms with E-state index >= 15 is 0 Å². The van der Waals surface area contributed by atoms with E-state index in [-0.39, 0.29) is 5.75 Å². The summed E-state index contributed by atoms with van der Waals surface area (Å²) in [7, 11) is 0. The fourth-order valence-corrected chi connectivity index (χ4v) is 2.04. The molecular weight excluding hydrogens is 250 g/mol. The SMILES string of the molecule is CC(C)(O)C(C)(C)NCc1c(O)ccc2ccccc12. The highest BCUT2D eigenvalue weighted by molar-refractivity contribution is 5.87. The Balaban J connectivity index is 2.33. The lowest BCUT2D eigenvalue weighted by Gasteiger charge is -2.38. The van der Waals surface area contributed by atoms with Crippen molar-refractivity contribution in [2.75, 3.05) is 0 Å². The summed E-state index contributed by atoms with van der Waals surface area (Å²) in [4.78, 5) is 0. The Morgan fingerprint density at radius 1 is 1.00 bits per heavy atom. The van der Waals surface area contributed by atoms with Gasteiger partial charge in [-0.05, 0) is 44.5 Å². The van der Waals surface area contributed by atoms with E-state index in [0.29, 0.717) is 6.54 Å². The van der Waals surface area contributed by atoms with E-state index in [1.807, 2.05) is 44.2 Å². The zero-order chi connectivity index (χ0) is 15.0. The quantitative estimate of drug-likeness (QED) is 0.802. The van der Waals surface area contributed by atoms with Crippen molar-refractivity contribution in [1.82, 2.24) is 5.32 Å². The molecule has 3 N–H and O–H groups in total. The van der Waals surface area contributed by atoms with Crippen molar-refractivity contribution >= 4 is 10.8 Å². The molecule has 2 rings (SSSR count). The van der Waals surface area contributed by atoms with Gasteiger partial charge in [-0.1, -0.05) is 30.3 Å². The summed E-state index contributed by atoms with van der Waals surface area (Å²) in [5.41, 5.74) is -0.454. The molecule has 0 aliphatic carbocycles. The first kappa shape index (κ1) is 14.8. The Morgan fingerprint density at radius 2 is 1.65 bits per heavy atom. The third-order valence-electron chi connectivity index (χ3n) is 4.25. The lowest BCUT2D eigenvalue weighted by molar-refractivity contribution is -0.00534. The summed E-state index contributed by atoms with van der Waals surface area (Å²) in [6, 6.07) is 11.6. The van der Waals surface area contributed by atoms with Crippen molar-refractivity contribution in [3.05, 3.63) is 42.0 Å². The molecule has 108 valence electrons. The van der Waals surface area contributed by atoms with E-state index in [4.69, 9.17) is 0 Å². The van der Waals surface area contributed by atoms with E-state index in [1.165, 1.54) is 0 Å². The van der Waals surface area contributed by atoms with Gasteiger partial charge in [0, 0.05) is 17.6 Å². The second-order valence-electron chi connectivity index (χ2n) is 6.32. The molecule has 0 aromatic heterocycles. The first-order valence-electron chi connectivity index (χ1n) is 6.89. The fourth-order valence-electron chi connectivity index (χ4n) is 2.04. The first-order valence-corrected chi connectivity index (χ1v) is 6.89. The van der Waals surface area contributed by atoms with Gasteiger partial charge in [-0.2, -0.15) is 0 Å². The van der Waals surface area contributed by atoms with Crippen molar-refractivity contribution in [1.29, 1.82) is 0 Å². The molecule has 0 radical (unpaired) electrons. The number of nitrogens with one attached hydrogen (secondary N) is 1. The van der Waals surface area contributed by atoms with Crippen LogP contribution in [0.2, 0.25) is 0 Å². The molecule has 0 saturated carbocycles. The van der Waals surface area contributed by atoms with Crippen LogP contribution in [0.4, 0.5) is 0 Å². The van der Waals surface area contributed by atoms with Crippen LogP contribution in [-0.4, -0.2) is 21.4 Å². The summed E-state index contributed by atoms with van der Waals surface area (Å²) in [6.07, 6.45) is 0. The van der Waals surface area contributed by atoms with Gasteiger partial charge in [0.2, 0.25) is 0 Å². The second kappa shape index (κ2) is 5.08. The maximum absolute atomic E-state index is 10.2. The molecular formula is C17H23NO2. The molecule has 0 saturated heterocycles. The molecule has 3 nitrogen and oxygen atoms in total. The molecule has 20 heavy (non-hydrogen) atoms. The molecule has 0 aliphatic rings. The average molecular weight is 273 g/mol. The van der Waals surface area contributed by atoms with E-state index in [2.05, 4.69) is 5.32 Å². The number of fused-ring (bicyclic) bond motifs is 1. The van der Waals surface area contributed by atoms with Crippen LogP contribution in [0, 0.1) is 0 Å². The Labute approximate surface area is 120 Å². The summed E-state index contributed by atoms with van der Waals surface area (Å²) < 4.78 is 0. The highest BCUT2D eigenvalue weighted by Crippen LogP contribution is 2.28. The van der Waals surface area contributed by atoms with Crippen LogP contribution in [0.25, 0.3) is 10.8 Å². The molecule has 0 aliphatic heterocycles. The van der Waals surface area contributed by atoms with Crippen LogP contribution < -0.4 is 5.32 Å². The molecule has 2 aromatic rings. The Kier molecular flexibility index (Phi) is 3.76. The highest BCUT2D eigenvalue weighted by Gasteiger charge is 2.34. The minimum Gasteiger partial charge on any atom is -0.508 e. The van der Waals surface area contributed by atoms with E-state index in [0.717, 1.165) is 16.3 Å². The van der Waals surface area contributed by atoms with Crippen LogP contribution >= 0.6 is 0 Å². The van der Waals surface area contributed by atoms with Gasteiger partial charge in [-0.25, -0.2) is 0 Å². The number of aliphatic hydroxyl groups is 1. The number of phenolic OH excluding ortho intramolecular Hbond substituents is 1. The van der Waals surface area contributed by atoms with Gasteiger partial charge in [0.05, 0.1) is 5.60 Å². The lowest BCUT2D eigenvalue weighted by Crippen LogP contribution is -2.55. The maximum atomic E-state index is 10.2. The third-order valence-corrected chi connectivity index (χ3v) is 4.25. The van der Waals surface area contributed by atoms with Gasteiger partial charge in [-0.3, -0.25) is 0 Å². The number of rotatable bonds is 4. The van der Waals surface area contributed by atoms with Crippen molar-refractivity contribution in [3.63, 3.8) is 0 Å². The lowest BCUT2D eigenvalue weighted by atomic mass is 9.85. The largest absolute Gasteiger partial charge is 0.508 e. The minimum atomic E-state index is -0.854. The van der Waals surface area contributed by atoms with Crippen molar-refractivity contribution in [2.24, 2.45) is 0 Å². The molecule has 0 fully saturated rings. The van der Waals surface area contributed by atoms with Crippen LogP contribution in [-0.2, 0) is 6.54 Å². The first-order chi connectivity index (χ1) is 9.22. The van der Waals surface area contributed by atoms with Crippen molar-refractivity contribution < 1.29 is 10.2 Å². The number of hydrogen-bond acceptors (Lipinski definition) is 3. The Hall–Kier alpha value is -1.58. The smallest absolute Gasteiger partial charge is 0.120 e. The van der Waals surface area contributed by atoms with E-state index in [1.54, 1.807) is 19.9 Å². The average Bonchev–Trinajstić information content (AvgIpc) is 2.36. The third kappa shape index (κ3) is 2.79. The minimum absolute atomic E-state index is 0.280. The second-order valence-corrected chi connectivity index (χ2v) is 6.32. The predicted molar refractivity (Wildman–Crippen MR) is 82.8 cm³/mol. The number of benzene rings is 2. The monoisotopic (exact) mass is 273 g/mol. The van der Waals surface area contributed by atoms with Crippen LogP contribution in [0.3, 0.4) is 0 Å². The molecule has 0 unspecified atom stereocenters. The Bertz CT molecular complexity index is 612. The van der Waals surface area contributed by atoms with E-state index < -0.39 is 11.1 Å². The van der Waals surface area contributed by atoms with Gasteiger partial charge in [0.15, 0.2) is 0 Å². The van der Waals surface area contributed by atoms with Crippen molar-refractivity contribution in [2.45, 2.75) is 45.4 Å². The van der Waals surface area contributed by atoms with Crippen molar-refractivity contribution in [3.8, 4) is 5.75 Å². The fraction of sp³-hybridized carbons (Fsp3) is 0.412. The normalized spacial score (nSPS) is 12.8. The summed E-state index contributed by atoms with van der Waals surface area (Å²) in [6.45, 7) is 7.97. The number of phenols is 1. The van der Waals surface area contributed by atoms with Gasteiger partial charge in [-0.15, -0.1) is 0 Å². The standard InChI is InChI=1S/C17H23NO2/c1-16(2,17(3,4)20)18-11-14-13-8-6-5-7-12(13)9-10-15(14)19/h5-10,18-20H,11H2,1-4H3.